The van der Waals surface area contributed by atoms with Crippen molar-refractivity contribution in [3.05, 3.63) is 35.1 Å². The van der Waals surface area contributed by atoms with E-state index in [4.69, 9.17) is 5.73 Å². The van der Waals surface area contributed by atoms with Gasteiger partial charge in [0.2, 0.25) is 11.0 Å². The Labute approximate surface area is 139 Å². The van der Waals surface area contributed by atoms with Crippen molar-refractivity contribution in [2.24, 2.45) is 0 Å². The number of amides is 1. The van der Waals surface area contributed by atoms with E-state index in [1.54, 1.807) is 0 Å². The minimum Gasteiger partial charge on any atom is -0.374 e. The maximum Gasteiger partial charge on any atom is 0.229 e. The average molecular weight is 331 g/mol. The molecule has 3 rings (SSSR count). The molecule has 1 aliphatic heterocycles. The molecule has 1 unspecified atom stereocenters. The van der Waals surface area contributed by atoms with Crippen molar-refractivity contribution >= 4 is 22.4 Å². The fourth-order valence-electron chi connectivity index (χ4n) is 3.06. The molecule has 0 radical (unpaired) electrons. The summed E-state index contributed by atoms with van der Waals surface area (Å²) in [6.45, 7) is 0.833. The third-order valence-electron chi connectivity index (χ3n) is 4.19. The van der Waals surface area contributed by atoms with Crippen LogP contribution in [0.2, 0.25) is 0 Å². The second-order valence-corrected chi connectivity index (χ2v) is 6.90. The van der Waals surface area contributed by atoms with E-state index in [-0.39, 0.29) is 5.91 Å². The molecule has 2 N–H and O–H groups in total. The Balaban J connectivity index is 1.60. The predicted octanol–water partition coefficient (Wildman–Crippen LogP) is 2.07. The summed E-state index contributed by atoms with van der Waals surface area (Å²) in [6.07, 6.45) is 7.30. The number of nitrogens with zero attached hydrogens (tertiary/aromatic N) is 4. The number of hydrogen-bond donors (Lipinski definition) is 1. The van der Waals surface area contributed by atoms with Crippen LogP contribution in [0.4, 0.5) is 5.13 Å². The summed E-state index contributed by atoms with van der Waals surface area (Å²) < 4.78 is 0. The van der Waals surface area contributed by atoms with Gasteiger partial charge in [0.15, 0.2) is 0 Å². The number of pyridine rings is 1. The van der Waals surface area contributed by atoms with Crippen LogP contribution in [0.1, 0.15) is 36.4 Å². The third-order valence-corrected chi connectivity index (χ3v) is 4.94. The number of hydrogen-bond acceptors (Lipinski definition) is 6. The van der Waals surface area contributed by atoms with Gasteiger partial charge in [-0.05, 0) is 44.2 Å². The molecule has 1 atom stereocenters. The van der Waals surface area contributed by atoms with Gasteiger partial charge in [-0.15, -0.1) is 10.2 Å². The van der Waals surface area contributed by atoms with E-state index in [9.17, 15) is 4.79 Å². The standard InChI is InChI=1S/C16H21N5OS/c17-16-20-19-14(23-16)11-15(22)21-10-4-2-6-13(21)8-7-12-5-1-3-9-18-12/h1,3,5,9,13H,2,4,6-8,10-11H2,(H2,17,20). The Hall–Kier alpha value is -2.02. The molecule has 6 nitrogen and oxygen atoms in total. The fourth-order valence-corrected chi connectivity index (χ4v) is 3.66. The van der Waals surface area contributed by atoms with Crippen molar-refractivity contribution in [3.8, 4) is 0 Å². The first-order chi connectivity index (χ1) is 11.2. The molecule has 0 aromatic carbocycles. The SMILES string of the molecule is Nc1nnc(CC(=O)N2CCCCC2CCc2ccccn2)s1. The molecule has 2 aromatic heterocycles. The van der Waals surface area contributed by atoms with Gasteiger partial charge in [0, 0.05) is 24.5 Å². The van der Waals surface area contributed by atoms with Crippen molar-refractivity contribution in [2.75, 3.05) is 12.3 Å². The number of carbonyl (C=O) groups is 1. The molecule has 122 valence electrons. The largest absolute Gasteiger partial charge is 0.374 e. The Morgan fingerprint density at radius 1 is 1.35 bits per heavy atom. The summed E-state index contributed by atoms with van der Waals surface area (Å²) >= 11 is 1.29. The highest BCUT2D eigenvalue weighted by atomic mass is 32.1. The number of rotatable bonds is 5. The summed E-state index contributed by atoms with van der Waals surface area (Å²) in [7, 11) is 0. The Morgan fingerprint density at radius 3 is 3.00 bits per heavy atom. The van der Waals surface area contributed by atoms with Gasteiger partial charge in [-0.3, -0.25) is 9.78 Å². The van der Waals surface area contributed by atoms with Gasteiger partial charge in [-0.2, -0.15) is 0 Å². The van der Waals surface area contributed by atoms with Gasteiger partial charge >= 0.3 is 0 Å². The molecule has 0 saturated carbocycles. The number of nitrogen functional groups attached to an aromatic ring is 1. The normalized spacial score (nSPS) is 18.1. The van der Waals surface area contributed by atoms with Crippen LogP contribution in [0, 0.1) is 0 Å². The van der Waals surface area contributed by atoms with Crippen molar-refractivity contribution in [2.45, 2.75) is 44.6 Å². The molecule has 1 saturated heterocycles. The zero-order valence-corrected chi connectivity index (χ0v) is 13.8. The van der Waals surface area contributed by atoms with Gasteiger partial charge in [0.05, 0.1) is 6.42 Å². The Morgan fingerprint density at radius 2 is 2.26 bits per heavy atom. The maximum absolute atomic E-state index is 12.6. The average Bonchev–Trinajstić information content (AvgIpc) is 2.99. The zero-order valence-electron chi connectivity index (χ0n) is 13.0. The van der Waals surface area contributed by atoms with Crippen molar-refractivity contribution in [1.29, 1.82) is 0 Å². The van der Waals surface area contributed by atoms with Crippen LogP contribution in [-0.4, -0.2) is 38.6 Å². The molecule has 3 heterocycles. The number of carbonyl (C=O) groups excluding carboxylic acids is 1. The molecule has 23 heavy (non-hydrogen) atoms. The van der Waals surface area contributed by atoms with Crippen LogP contribution >= 0.6 is 11.3 Å². The van der Waals surface area contributed by atoms with Gasteiger partial charge in [-0.25, -0.2) is 0 Å². The van der Waals surface area contributed by atoms with E-state index in [0.717, 1.165) is 37.9 Å². The van der Waals surface area contributed by atoms with Gasteiger partial charge in [-0.1, -0.05) is 17.4 Å². The lowest BCUT2D eigenvalue weighted by Gasteiger charge is -2.35. The Bertz CT molecular complexity index is 645. The van der Waals surface area contributed by atoms with E-state index in [0.29, 0.717) is 22.6 Å². The smallest absolute Gasteiger partial charge is 0.229 e. The second-order valence-electron chi connectivity index (χ2n) is 5.81. The van der Waals surface area contributed by atoms with Gasteiger partial charge in [0.25, 0.3) is 0 Å². The van der Waals surface area contributed by atoms with Crippen molar-refractivity contribution in [1.82, 2.24) is 20.1 Å². The number of anilines is 1. The Kier molecular flexibility index (Phi) is 5.17. The second kappa shape index (κ2) is 7.50. The quantitative estimate of drug-likeness (QED) is 0.906. The first-order valence-corrected chi connectivity index (χ1v) is 8.81. The van der Waals surface area contributed by atoms with E-state index in [1.165, 1.54) is 17.8 Å². The first kappa shape index (κ1) is 15.9. The predicted molar refractivity (Wildman–Crippen MR) is 89.9 cm³/mol. The highest BCUT2D eigenvalue weighted by Gasteiger charge is 2.27. The third kappa shape index (κ3) is 4.25. The number of piperidine rings is 1. The summed E-state index contributed by atoms with van der Waals surface area (Å²) in [5, 5.41) is 8.84. The summed E-state index contributed by atoms with van der Waals surface area (Å²) in [5.41, 5.74) is 6.67. The number of nitrogens with two attached hydrogens (primary N) is 1. The first-order valence-electron chi connectivity index (χ1n) is 7.99. The van der Waals surface area contributed by atoms with Gasteiger partial charge in [0.1, 0.15) is 5.01 Å². The molecule has 2 aromatic rings. The monoisotopic (exact) mass is 331 g/mol. The lowest BCUT2D eigenvalue weighted by atomic mass is 9.96. The van der Waals surface area contributed by atoms with Crippen LogP contribution in [-0.2, 0) is 17.6 Å². The highest BCUT2D eigenvalue weighted by molar-refractivity contribution is 7.15. The summed E-state index contributed by atoms with van der Waals surface area (Å²) in [5.74, 6) is 0.131. The van der Waals surface area contributed by atoms with E-state index in [1.807, 2.05) is 29.3 Å². The minimum absolute atomic E-state index is 0.131. The van der Waals surface area contributed by atoms with Crippen LogP contribution in [0.15, 0.2) is 24.4 Å². The van der Waals surface area contributed by atoms with Crippen LogP contribution < -0.4 is 5.73 Å². The lowest BCUT2D eigenvalue weighted by molar-refractivity contribution is -0.134. The molecule has 7 heteroatoms. The lowest BCUT2D eigenvalue weighted by Crippen LogP contribution is -2.44. The van der Waals surface area contributed by atoms with Crippen LogP contribution in [0.5, 0.6) is 0 Å². The molecular formula is C16H21N5OS. The van der Waals surface area contributed by atoms with Crippen molar-refractivity contribution in [3.63, 3.8) is 0 Å². The van der Waals surface area contributed by atoms with Crippen LogP contribution in [0.25, 0.3) is 0 Å². The molecule has 1 fully saturated rings. The van der Waals surface area contributed by atoms with Gasteiger partial charge < -0.3 is 10.6 Å². The van der Waals surface area contributed by atoms with E-state index >= 15 is 0 Å². The molecule has 0 spiro atoms. The maximum atomic E-state index is 12.6. The minimum atomic E-state index is 0.131. The number of aromatic nitrogens is 3. The zero-order chi connectivity index (χ0) is 16.1. The summed E-state index contributed by atoms with van der Waals surface area (Å²) in [6, 6.07) is 6.27. The molecular weight excluding hydrogens is 310 g/mol. The summed E-state index contributed by atoms with van der Waals surface area (Å²) in [4.78, 5) is 19.0. The topological polar surface area (TPSA) is 85.0 Å². The molecule has 0 bridgehead atoms. The molecule has 1 aliphatic rings. The van der Waals surface area contributed by atoms with E-state index < -0.39 is 0 Å². The number of likely N-dealkylation sites (tertiary alicyclic amines) is 1. The molecule has 1 amide bonds. The fraction of sp³-hybridized carbons (Fsp3) is 0.500. The molecule has 0 aliphatic carbocycles. The van der Waals surface area contributed by atoms with E-state index in [2.05, 4.69) is 15.2 Å². The highest BCUT2D eigenvalue weighted by Crippen LogP contribution is 2.23. The van der Waals surface area contributed by atoms with Crippen LogP contribution in [0.3, 0.4) is 0 Å². The number of aryl methyl sites for hydroxylation is 1. The van der Waals surface area contributed by atoms with Crippen molar-refractivity contribution < 1.29 is 4.79 Å².